The van der Waals surface area contributed by atoms with Crippen LogP contribution in [0.4, 0.5) is 0 Å². The van der Waals surface area contributed by atoms with Gasteiger partial charge in [0.15, 0.2) is 9.84 Å². The van der Waals surface area contributed by atoms with Crippen molar-refractivity contribution in [1.82, 2.24) is 10.6 Å². The van der Waals surface area contributed by atoms with Crippen LogP contribution in [0.3, 0.4) is 0 Å². The van der Waals surface area contributed by atoms with Crippen LogP contribution >= 0.6 is 24.0 Å². The van der Waals surface area contributed by atoms with Crippen LogP contribution in [0, 0.1) is 29.1 Å². The van der Waals surface area contributed by atoms with Gasteiger partial charge in [-0.05, 0) is 112 Å². The molecule has 0 unspecified atom stereocenters. The van der Waals surface area contributed by atoms with E-state index < -0.39 is 9.84 Å². The molecule has 1 aromatic rings. The quantitative estimate of drug-likeness (QED) is 0.603. The van der Waals surface area contributed by atoms with E-state index in [1.54, 1.807) is 6.07 Å². The van der Waals surface area contributed by atoms with Crippen molar-refractivity contribution in [2.24, 2.45) is 29.1 Å². The summed E-state index contributed by atoms with van der Waals surface area (Å²) in [6.07, 6.45) is 9.51. The zero-order chi connectivity index (χ0) is 21.6. The van der Waals surface area contributed by atoms with Crippen LogP contribution in [0.1, 0.15) is 61.7 Å². The lowest BCUT2D eigenvalue weighted by Crippen LogP contribution is -2.51. The van der Waals surface area contributed by atoms with Gasteiger partial charge >= 0.3 is 0 Å². The minimum Gasteiger partial charge on any atom is -0.351 e. The van der Waals surface area contributed by atoms with Gasteiger partial charge in [0.25, 0.3) is 5.91 Å². The number of benzene rings is 1. The van der Waals surface area contributed by atoms with Crippen LogP contribution in [0.25, 0.3) is 0 Å². The molecule has 1 aromatic carbocycles. The maximum atomic E-state index is 13.0. The Morgan fingerprint density at radius 1 is 1.06 bits per heavy atom. The molecule has 0 spiro atoms. The molecule has 1 amide bonds. The lowest BCUT2D eigenvalue weighted by molar-refractivity contribution is -0.0503. The summed E-state index contributed by atoms with van der Waals surface area (Å²) in [4.78, 5) is 13.2. The molecule has 4 bridgehead atoms. The summed E-state index contributed by atoms with van der Waals surface area (Å²) in [5, 5.41) is 6.71. The number of rotatable bonds is 6. The summed E-state index contributed by atoms with van der Waals surface area (Å²) in [5.74, 6) is 2.53. The molecule has 0 aromatic heterocycles. The van der Waals surface area contributed by atoms with Gasteiger partial charge in [-0.15, -0.1) is 12.4 Å². The van der Waals surface area contributed by atoms with Gasteiger partial charge in [-0.2, -0.15) is 0 Å². The first-order valence-corrected chi connectivity index (χ1v) is 13.9. The first kappa shape index (κ1) is 24.3. The molecule has 1 aliphatic heterocycles. The van der Waals surface area contributed by atoms with Crippen molar-refractivity contribution in [2.75, 3.05) is 25.4 Å². The Hall–Kier alpha value is -0.820. The average Bonchev–Trinajstić information content (AvgIpc) is 2.72. The molecule has 8 heteroatoms. The number of hydrogen-bond acceptors (Lipinski definition) is 4. The summed E-state index contributed by atoms with van der Waals surface area (Å²) in [7, 11) is -3.45. The van der Waals surface area contributed by atoms with Crippen molar-refractivity contribution >= 4 is 39.8 Å². The van der Waals surface area contributed by atoms with Gasteiger partial charge in [0.05, 0.1) is 21.2 Å². The Labute approximate surface area is 202 Å². The third-order valence-electron chi connectivity index (χ3n) is 8.24. The van der Waals surface area contributed by atoms with Crippen molar-refractivity contribution in [3.63, 3.8) is 0 Å². The Morgan fingerprint density at radius 3 is 2.25 bits per heavy atom. The standard InChI is InChI=1S/C24H33ClN2O3S.ClH/c25-22-2-1-20(31(29,30)14-16-3-5-26-6-4-16)10-21(22)23(28)27-15-24-11-17-7-18(12-24)9-19(8-17)13-24;/h1-2,10,16-19,26H,3-9,11-15H2,(H,27,28);1H. The minimum absolute atomic E-state index is 0. The normalized spacial score (nSPS) is 31.8. The van der Waals surface area contributed by atoms with Crippen LogP contribution in [0.5, 0.6) is 0 Å². The van der Waals surface area contributed by atoms with E-state index in [-0.39, 0.29) is 45.9 Å². The maximum Gasteiger partial charge on any atom is 0.252 e. The maximum absolute atomic E-state index is 13.0. The average molecular weight is 502 g/mol. The SMILES string of the molecule is Cl.O=C(NCC12CC3CC(CC(C3)C1)C2)c1cc(S(=O)(=O)CC2CCNCC2)ccc1Cl. The fourth-order valence-corrected chi connectivity index (χ4v) is 9.12. The molecule has 178 valence electrons. The van der Waals surface area contributed by atoms with E-state index in [4.69, 9.17) is 11.6 Å². The van der Waals surface area contributed by atoms with Crippen molar-refractivity contribution in [3.05, 3.63) is 28.8 Å². The van der Waals surface area contributed by atoms with Gasteiger partial charge < -0.3 is 10.6 Å². The first-order valence-electron chi connectivity index (χ1n) is 11.8. The van der Waals surface area contributed by atoms with E-state index in [2.05, 4.69) is 10.6 Å². The van der Waals surface area contributed by atoms with Crippen molar-refractivity contribution < 1.29 is 13.2 Å². The second-order valence-electron chi connectivity index (χ2n) is 10.7. The monoisotopic (exact) mass is 500 g/mol. The molecule has 4 saturated carbocycles. The Morgan fingerprint density at radius 2 is 1.66 bits per heavy atom. The molecule has 5 aliphatic rings. The molecular formula is C24H34Cl2N2O3S. The largest absolute Gasteiger partial charge is 0.351 e. The number of carbonyl (C=O) groups is 1. The summed E-state index contributed by atoms with van der Waals surface area (Å²) in [6.45, 7) is 2.40. The summed E-state index contributed by atoms with van der Waals surface area (Å²) in [5.41, 5.74) is 0.507. The predicted octanol–water partition coefficient (Wildman–Crippen LogP) is 4.48. The van der Waals surface area contributed by atoms with E-state index >= 15 is 0 Å². The fourth-order valence-electron chi connectivity index (χ4n) is 7.20. The van der Waals surface area contributed by atoms with Crippen LogP contribution in [0.2, 0.25) is 5.02 Å². The molecule has 1 heterocycles. The minimum atomic E-state index is -3.45. The van der Waals surface area contributed by atoms with E-state index in [1.807, 2.05) is 0 Å². The van der Waals surface area contributed by atoms with E-state index in [0.29, 0.717) is 11.6 Å². The third kappa shape index (κ3) is 4.98. The van der Waals surface area contributed by atoms with Gasteiger partial charge in [-0.25, -0.2) is 8.42 Å². The first-order chi connectivity index (χ1) is 14.8. The number of piperidine rings is 1. The van der Waals surface area contributed by atoms with Crippen molar-refractivity contribution in [2.45, 2.75) is 56.3 Å². The zero-order valence-electron chi connectivity index (χ0n) is 18.4. The number of amides is 1. The van der Waals surface area contributed by atoms with Gasteiger partial charge in [0, 0.05) is 6.54 Å². The van der Waals surface area contributed by atoms with Crippen molar-refractivity contribution in [1.29, 1.82) is 0 Å². The third-order valence-corrected chi connectivity index (χ3v) is 10.5. The van der Waals surface area contributed by atoms with Crippen LogP contribution in [-0.2, 0) is 9.84 Å². The molecule has 4 aliphatic carbocycles. The number of hydrogen-bond donors (Lipinski definition) is 2. The molecule has 5 fully saturated rings. The highest BCUT2D eigenvalue weighted by molar-refractivity contribution is 7.91. The molecule has 2 N–H and O–H groups in total. The van der Waals surface area contributed by atoms with Gasteiger partial charge in [-0.1, -0.05) is 11.6 Å². The van der Waals surface area contributed by atoms with E-state index in [0.717, 1.165) is 43.7 Å². The number of sulfone groups is 1. The smallest absolute Gasteiger partial charge is 0.252 e. The second kappa shape index (κ2) is 9.44. The fraction of sp³-hybridized carbons (Fsp3) is 0.708. The Bertz CT molecular complexity index is 925. The molecule has 6 rings (SSSR count). The number of halogens is 2. The lowest BCUT2D eigenvalue weighted by atomic mass is 9.49. The Balaban J connectivity index is 0.00000245. The zero-order valence-corrected chi connectivity index (χ0v) is 20.8. The molecule has 5 nitrogen and oxygen atoms in total. The van der Waals surface area contributed by atoms with Crippen LogP contribution in [0.15, 0.2) is 23.1 Å². The summed E-state index contributed by atoms with van der Waals surface area (Å²) in [6, 6.07) is 4.57. The Kier molecular flexibility index (Phi) is 7.17. The highest BCUT2D eigenvalue weighted by Crippen LogP contribution is 2.59. The van der Waals surface area contributed by atoms with Crippen LogP contribution in [-0.4, -0.2) is 39.7 Å². The predicted molar refractivity (Wildman–Crippen MR) is 129 cm³/mol. The molecular weight excluding hydrogens is 467 g/mol. The number of nitrogens with one attached hydrogen (secondary N) is 2. The molecule has 1 saturated heterocycles. The van der Waals surface area contributed by atoms with Crippen molar-refractivity contribution in [3.8, 4) is 0 Å². The highest BCUT2D eigenvalue weighted by Gasteiger charge is 2.50. The van der Waals surface area contributed by atoms with Crippen LogP contribution < -0.4 is 10.6 Å². The second-order valence-corrected chi connectivity index (χ2v) is 13.2. The molecule has 0 atom stereocenters. The van der Waals surface area contributed by atoms with Gasteiger partial charge in [-0.3, -0.25) is 4.79 Å². The molecule has 32 heavy (non-hydrogen) atoms. The summed E-state index contributed by atoms with van der Waals surface area (Å²) < 4.78 is 26.0. The lowest BCUT2D eigenvalue weighted by Gasteiger charge is -2.56. The highest BCUT2D eigenvalue weighted by atomic mass is 35.5. The topological polar surface area (TPSA) is 75.3 Å². The van der Waals surface area contributed by atoms with E-state index in [9.17, 15) is 13.2 Å². The van der Waals surface area contributed by atoms with Gasteiger partial charge in [0.1, 0.15) is 0 Å². The molecule has 0 radical (unpaired) electrons. The summed E-state index contributed by atoms with van der Waals surface area (Å²) >= 11 is 6.32. The van der Waals surface area contributed by atoms with Gasteiger partial charge in [0.2, 0.25) is 0 Å². The van der Waals surface area contributed by atoms with E-state index in [1.165, 1.54) is 50.7 Å². The number of carbonyl (C=O) groups excluding carboxylic acids is 1.